The van der Waals surface area contributed by atoms with Crippen LogP contribution in [-0.4, -0.2) is 44.6 Å². The van der Waals surface area contributed by atoms with Crippen molar-refractivity contribution < 1.29 is 14.0 Å². The molecule has 1 saturated heterocycles. The van der Waals surface area contributed by atoms with E-state index in [4.69, 9.17) is 0 Å². The minimum Gasteiger partial charge on any atom is -0.338 e. The van der Waals surface area contributed by atoms with E-state index >= 15 is 0 Å². The van der Waals surface area contributed by atoms with Gasteiger partial charge in [-0.15, -0.1) is 10.2 Å². The van der Waals surface area contributed by atoms with E-state index in [-0.39, 0.29) is 17.6 Å². The highest BCUT2D eigenvalue weighted by atomic mass is 19.1. The van der Waals surface area contributed by atoms with Gasteiger partial charge >= 0.3 is 0 Å². The molecule has 0 radical (unpaired) electrons. The highest BCUT2D eigenvalue weighted by Crippen LogP contribution is 2.33. The Morgan fingerprint density at radius 3 is 2.65 bits per heavy atom. The molecule has 3 aromatic rings. The van der Waals surface area contributed by atoms with Gasteiger partial charge < -0.3 is 14.8 Å². The van der Waals surface area contributed by atoms with E-state index < -0.39 is 11.7 Å². The smallest absolute Gasteiger partial charge is 0.293 e. The lowest BCUT2D eigenvalue weighted by Gasteiger charge is -2.25. The summed E-state index contributed by atoms with van der Waals surface area (Å²) < 4.78 is 15.2. The quantitative estimate of drug-likeness (QED) is 0.708. The van der Waals surface area contributed by atoms with Crippen LogP contribution >= 0.6 is 0 Å². The molecule has 0 unspecified atom stereocenters. The molecule has 1 aromatic heterocycles. The number of anilines is 1. The van der Waals surface area contributed by atoms with Crippen molar-refractivity contribution in [3.05, 3.63) is 77.1 Å². The molecule has 8 heteroatoms. The highest BCUT2D eigenvalue weighted by molar-refractivity contribution is 6.01. The Morgan fingerprint density at radius 2 is 1.84 bits per heavy atom. The number of hydrogen-bond donors (Lipinski definition) is 1. The van der Waals surface area contributed by atoms with Crippen molar-refractivity contribution in [2.24, 2.45) is 11.8 Å². The number of benzene rings is 2. The summed E-state index contributed by atoms with van der Waals surface area (Å²) in [5.74, 6) is 0.687. The van der Waals surface area contributed by atoms with Crippen LogP contribution < -0.4 is 5.32 Å². The van der Waals surface area contributed by atoms with Gasteiger partial charge in [-0.25, -0.2) is 4.39 Å². The Bertz CT molecular complexity index is 1170. The fourth-order valence-electron chi connectivity index (χ4n) is 4.59. The van der Waals surface area contributed by atoms with Crippen LogP contribution in [0.5, 0.6) is 0 Å². The number of carbonyl (C=O) groups excluding carboxylic acids is 2. The molecule has 2 atom stereocenters. The summed E-state index contributed by atoms with van der Waals surface area (Å²) >= 11 is 0. The summed E-state index contributed by atoms with van der Waals surface area (Å²) in [4.78, 5) is 27.7. The topological polar surface area (TPSA) is 80.1 Å². The average Bonchev–Trinajstić information content (AvgIpc) is 3.35. The van der Waals surface area contributed by atoms with E-state index in [2.05, 4.69) is 15.5 Å². The first-order valence-corrected chi connectivity index (χ1v) is 10.3. The van der Waals surface area contributed by atoms with E-state index in [1.807, 2.05) is 40.7 Å². The van der Waals surface area contributed by atoms with Crippen molar-refractivity contribution in [1.29, 1.82) is 0 Å². The zero-order valence-corrected chi connectivity index (χ0v) is 17.1. The number of nitrogens with zero attached hydrogens (tertiary/aromatic N) is 4. The molecular formula is C23H22FN5O2. The number of fused-ring (bicyclic) bond motifs is 2. The van der Waals surface area contributed by atoms with Gasteiger partial charge in [-0.1, -0.05) is 24.3 Å². The molecule has 2 aromatic carbocycles. The molecule has 0 bridgehead atoms. The monoisotopic (exact) mass is 419 g/mol. The van der Waals surface area contributed by atoms with Crippen LogP contribution in [0.15, 0.2) is 48.5 Å². The van der Waals surface area contributed by atoms with Crippen molar-refractivity contribution in [3.63, 3.8) is 0 Å². The van der Waals surface area contributed by atoms with Crippen LogP contribution in [-0.2, 0) is 13.0 Å². The fourth-order valence-corrected chi connectivity index (χ4v) is 4.59. The largest absolute Gasteiger partial charge is 0.338 e. The number of hydrogen-bond acceptors (Lipinski definition) is 4. The van der Waals surface area contributed by atoms with E-state index in [9.17, 15) is 14.0 Å². The molecule has 2 aliphatic heterocycles. The molecule has 1 fully saturated rings. The van der Waals surface area contributed by atoms with E-state index in [1.54, 1.807) is 6.07 Å². The Kier molecular flexibility index (Phi) is 4.77. The summed E-state index contributed by atoms with van der Waals surface area (Å²) in [5, 5.41) is 11.0. The lowest BCUT2D eigenvalue weighted by molar-refractivity contribution is 0.0782. The van der Waals surface area contributed by atoms with Crippen LogP contribution in [0.2, 0.25) is 0 Å². The molecule has 7 nitrogen and oxygen atoms in total. The average molecular weight is 419 g/mol. The third-order valence-corrected chi connectivity index (χ3v) is 6.21. The normalized spacial score (nSPS) is 19.6. The summed E-state index contributed by atoms with van der Waals surface area (Å²) in [5.41, 5.74) is 2.07. The first-order valence-electron chi connectivity index (χ1n) is 10.3. The van der Waals surface area contributed by atoms with Crippen molar-refractivity contribution in [1.82, 2.24) is 19.7 Å². The number of nitrogens with one attached hydrogen (secondary N) is 1. The first kappa shape index (κ1) is 19.4. The maximum atomic E-state index is 13.4. The van der Waals surface area contributed by atoms with Crippen molar-refractivity contribution in [2.45, 2.75) is 19.9 Å². The molecule has 2 amide bonds. The number of aromatic nitrogens is 3. The zero-order valence-electron chi connectivity index (χ0n) is 17.1. The molecule has 158 valence electrons. The van der Waals surface area contributed by atoms with Gasteiger partial charge in [-0.2, -0.15) is 0 Å². The molecule has 2 aliphatic rings. The Balaban J connectivity index is 1.32. The molecular weight excluding hydrogens is 397 g/mol. The van der Waals surface area contributed by atoms with Crippen LogP contribution in [0.25, 0.3) is 0 Å². The summed E-state index contributed by atoms with van der Waals surface area (Å²) in [7, 11) is 0. The number of halogens is 1. The van der Waals surface area contributed by atoms with Crippen molar-refractivity contribution >= 4 is 17.5 Å². The number of carbonyl (C=O) groups is 2. The third kappa shape index (κ3) is 3.58. The lowest BCUT2D eigenvalue weighted by atomic mass is 9.89. The van der Waals surface area contributed by atoms with Crippen LogP contribution in [0, 0.1) is 24.6 Å². The van der Waals surface area contributed by atoms with Crippen molar-refractivity contribution in [2.75, 3.05) is 18.4 Å². The van der Waals surface area contributed by atoms with Gasteiger partial charge in [0.2, 0.25) is 5.82 Å². The summed E-state index contributed by atoms with van der Waals surface area (Å²) in [6, 6.07) is 13.4. The van der Waals surface area contributed by atoms with Gasteiger partial charge in [-0.3, -0.25) is 9.59 Å². The van der Waals surface area contributed by atoms with Gasteiger partial charge in [0, 0.05) is 37.3 Å². The second-order valence-corrected chi connectivity index (χ2v) is 8.26. The van der Waals surface area contributed by atoms with Gasteiger partial charge in [0.15, 0.2) is 0 Å². The third-order valence-electron chi connectivity index (χ3n) is 6.21. The Hall–Kier alpha value is -3.55. The number of aryl methyl sites for hydroxylation is 1. The molecule has 1 N–H and O–H groups in total. The Labute approximate surface area is 178 Å². The van der Waals surface area contributed by atoms with E-state index in [0.717, 1.165) is 17.0 Å². The summed E-state index contributed by atoms with van der Waals surface area (Å²) in [6.07, 6.45) is 0.669. The van der Waals surface area contributed by atoms with Gasteiger partial charge in [0.05, 0.1) is 0 Å². The van der Waals surface area contributed by atoms with Gasteiger partial charge in [0.25, 0.3) is 11.8 Å². The zero-order chi connectivity index (χ0) is 21.5. The van der Waals surface area contributed by atoms with E-state index in [0.29, 0.717) is 37.7 Å². The minimum absolute atomic E-state index is 0.0485. The predicted octanol–water partition coefficient (Wildman–Crippen LogP) is 2.92. The second-order valence-electron chi connectivity index (χ2n) is 8.26. The molecule has 0 spiro atoms. The van der Waals surface area contributed by atoms with Crippen LogP contribution in [0.1, 0.15) is 32.4 Å². The highest BCUT2D eigenvalue weighted by Gasteiger charge is 2.41. The maximum absolute atomic E-state index is 13.4. The molecule has 31 heavy (non-hydrogen) atoms. The minimum atomic E-state index is -0.423. The van der Waals surface area contributed by atoms with Crippen LogP contribution in [0.4, 0.5) is 10.1 Å². The number of amides is 2. The maximum Gasteiger partial charge on any atom is 0.293 e. The van der Waals surface area contributed by atoms with Crippen LogP contribution in [0.3, 0.4) is 0 Å². The Morgan fingerprint density at radius 1 is 1.03 bits per heavy atom. The van der Waals surface area contributed by atoms with Gasteiger partial charge in [-0.05, 0) is 48.6 Å². The number of rotatable bonds is 3. The van der Waals surface area contributed by atoms with E-state index in [1.165, 1.54) is 18.2 Å². The fraction of sp³-hybridized carbons (Fsp3) is 0.304. The second kappa shape index (κ2) is 7.61. The molecule has 0 aliphatic carbocycles. The molecule has 5 rings (SSSR count). The lowest BCUT2D eigenvalue weighted by Crippen LogP contribution is -2.31. The predicted molar refractivity (Wildman–Crippen MR) is 112 cm³/mol. The molecule has 0 saturated carbocycles. The first-order chi connectivity index (χ1) is 15.0. The van der Waals surface area contributed by atoms with Gasteiger partial charge in [0.1, 0.15) is 11.6 Å². The SMILES string of the molecule is Cc1ccccc1C(=O)N1C[C@@H]2Cc3nnc(C(=O)Nc4cccc(F)c4)n3C[C@@H]2C1. The number of likely N-dealkylation sites (tertiary alicyclic amines) is 1. The molecule has 3 heterocycles. The summed E-state index contributed by atoms with van der Waals surface area (Å²) in [6.45, 7) is 3.84. The van der Waals surface area contributed by atoms with Crippen molar-refractivity contribution in [3.8, 4) is 0 Å². The standard InChI is InChI=1S/C23H22FN5O2/c1-14-5-2-3-8-19(14)23(31)28-11-15-9-20-26-27-21(29(20)13-16(15)12-28)22(30)25-18-7-4-6-17(24)10-18/h2-8,10,15-16H,9,11-13H2,1H3,(H,25,30)/t15-,16-/m0/s1.